The monoisotopic (exact) mass is 417 g/mol. The maximum Gasteiger partial charge on any atom is 0.270 e. The van der Waals surface area contributed by atoms with Crippen molar-refractivity contribution in [1.29, 1.82) is 5.26 Å². The van der Waals surface area contributed by atoms with Crippen molar-refractivity contribution in [3.05, 3.63) is 42.8 Å². The van der Waals surface area contributed by atoms with E-state index in [1.54, 1.807) is 12.3 Å². The lowest BCUT2D eigenvalue weighted by Crippen LogP contribution is -2.14. The van der Waals surface area contributed by atoms with Crippen molar-refractivity contribution in [3.8, 4) is 17.3 Å². The van der Waals surface area contributed by atoms with Gasteiger partial charge in [-0.3, -0.25) is 4.79 Å². The standard InChI is InChI=1S/C12H6Br2FN3OS/c1-20-12-17-10(7(4-16)11(19)18-12)6-2-5(15)3-8(13)9(6)14/h2-3H,1H3,(H,17,18,19). The Labute approximate surface area is 134 Å². The third-order valence-corrected chi connectivity index (χ3v) is 5.04. The zero-order chi connectivity index (χ0) is 14.9. The molecule has 2 rings (SSSR count). The van der Waals surface area contributed by atoms with E-state index in [-0.39, 0.29) is 11.3 Å². The fourth-order valence-electron chi connectivity index (χ4n) is 1.58. The van der Waals surface area contributed by atoms with Crippen molar-refractivity contribution in [1.82, 2.24) is 9.97 Å². The minimum Gasteiger partial charge on any atom is -0.300 e. The van der Waals surface area contributed by atoms with Crippen LogP contribution < -0.4 is 5.56 Å². The molecule has 2 aromatic rings. The maximum atomic E-state index is 13.6. The molecule has 4 nitrogen and oxygen atoms in total. The molecule has 0 saturated carbocycles. The first-order valence-corrected chi connectivity index (χ1v) is 8.02. The van der Waals surface area contributed by atoms with E-state index < -0.39 is 11.4 Å². The summed E-state index contributed by atoms with van der Waals surface area (Å²) < 4.78 is 14.6. The van der Waals surface area contributed by atoms with Crippen molar-refractivity contribution in [3.63, 3.8) is 0 Å². The smallest absolute Gasteiger partial charge is 0.270 e. The average Bonchev–Trinajstić information content (AvgIpc) is 2.41. The van der Waals surface area contributed by atoms with Crippen molar-refractivity contribution < 1.29 is 4.39 Å². The van der Waals surface area contributed by atoms with Gasteiger partial charge >= 0.3 is 0 Å². The van der Waals surface area contributed by atoms with Crippen molar-refractivity contribution in [2.45, 2.75) is 5.16 Å². The summed E-state index contributed by atoms with van der Waals surface area (Å²) in [5.41, 5.74) is -0.211. The Morgan fingerprint density at radius 3 is 2.75 bits per heavy atom. The van der Waals surface area contributed by atoms with Crippen LogP contribution in [-0.4, -0.2) is 16.2 Å². The van der Waals surface area contributed by atoms with Gasteiger partial charge in [0.05, 0.1) is 5.69 Å². The molecule has 1 heterocycles. The van der Waals surface area contributed by atoms with Crippen LogP contribution in [0.25, 0.3) is 11.3 Å². The largest absolute Gasteiger partial charge is 0.300 e. The predicted octanol–water partition coefficient (Wildman–Crippen LogP) is 3.69. The van der Waals surface area contributed by atoms with Crippen LogP contribution in [0.3, 0.4) is 0 Å². The lowest BCUT2D eigenvalue weighted by Gasteiger charge is -2.09. The number of thioether (sulfide) groups is 1. The molecule has 0 aliphatic rings. The quantitative estimate of drug-likeness (QED) is 0.458. The molecule has 1 N–H and O–H groups in total. The molecule has 0 atom stereocenters. The molecule has 0 aliphatic heterocycles. The normalized spacial score (nSPS) is 10.3. The third-order valence-electron chi connectivity index (χ3n) is 2.45. The number of aromatic amines is 1. The molecule has 0 radical (unpaired) electrons. The van der Waals surface area contributed by atoms with Crippen LogP contribution in [0.1, 0.15) is 5.56 Å². The third kappa shape index (κ3) is 2.80. The summed E-state index contributed by atoms with van der Waals surface area (Å²) >= 11 is 7.74. The Morgan fingerprint density at radius 1 is 1.45 bits per heavy atom. The Balaban J connectivity index is 2.85. The molecule has 0 amide bonds. The second-order valence-corrected chi connectivity index (χ2v) is 6.10. The Hall–Kier alpha value is -1.17. The molecule has 0 bridgehead atoms. The molecule has 20 heavy (non-hydrogen) atoms. The average molecular weight is 419 g/mol. The number of hydrogen-bond acceptors (Lipinski definition) is 4. The highest BCUT2D eigenvalue weighted by Gasteiger charge is 2.18. The fourth-order valence-corrected chi connectivity index (χ4v) is 2.80. The molecule has 0 saturated heterocycles. The van der Waals surface area contributed by atoms with Crippen molar-refractivity contribution in [2.75, 3.05) is 6.26 Å². The lowest BCUT2D eigenvalue weighted by atomic mass is 10.1. The van der Waals surface area contributed by atoms with E-state index in [0.29, 0.717) is 19.7 Å². The summed E-state index contributed by atoms with van der Waals surface area (Å²) in [6.07, 6.45) is 1.74. The predicted molar refractivity (Wildman–Crippen MR) is 82.1 cm³/mol. The van der Waals surface area contributed by atoms with Crippen molar-refractivity contribution in [2.24, 2.45) is 0 Å². The molecule has 1 aromatic carbocycles. The van der Waals surface area contributed by atoms with E-state index in [0.717, 1.165) is 0 Å². The van der Waals surface area contributed by atoms with Gasteiger partial charge in [-0.15, -0.1) is 0 Å². The number of rotatable bonds is 2. The number of aromatic nitrogens is 2. The minimum atomic E-state index is -0.547. The molecular formula is C12H6Br2FN3OS. The number of benzene rings is 1. The van der Waals surface area contributed by atoms with Gasteiger partial charge in [0.2, 0.25) is 0 Å². The summed E-state index contributed by atoms with van der Waals surface area (Å²) in [6.45, 7) is 0. The summed E-state index contributed by atoms with van der Waals surface area (Å²) in [5, 5.41) is 9.47. The van der Waals surface area contributed by atoms with Gasteiger partial charge in [-0.05, 0) is 50.2 Å². The van der Waals surface area contributed by atoms with Gasteiger partial charge in [0.1, 0.15) is 17.4 Å². The van der Waals surface area contributed by atoms with Crippen LogP contribution >= 0.6 is 43.6 Å². The van der Waals surface area contributed by atoms with Gasteiger partial charge in [-0.25, -0.2) is 9.37 Å². The molecular weight excluding hydrogens is 413 g/mol. The fraction of sp³-hybridized carbons (Fsp3) is 0.0833. The molecule has 102 valence electrons. The molecule has 0 fully saturated rings. The second kappa shape index (κ2) is 6.08. The van der Waals surface area contributed by atoms with E-state index in [1.807, 2.05) is 0 Å². The molecule has 8 heteroatoms. The number of nitrogens with one attached hydrogen (secondary N) is 1. The topological polar surface area (TPSA) is 69.5 Å². The first kappa shape index (κ1) is 15.2. The van der Waals surface area contributed by atoms with E-state index in [9.17, 15) is 9.18 Å². The van der Waals surface area contributed by atoms with Gasteiger partial charge in [-0.2, -0.15) is 5.26 Å². The molecule has 1 aromatic heterocycles. The minimum absolute atomic E-state index is 0.146. The summed E-state index contributed by atoms with van der Waals surface area (Å²) in [7, 11) is 0. The van der Waals surface area contributed by atoms with E-state index in [4.69, 9.17) is 5.26 Å². The highest BCUT2D eigenvalue weighted by Crippen LogP contribution is 2.35. The van der Waals surface area contributed by atoms with Gasteiger partial charge in [0.15, 0.2) is 5.16 Å². The first-order chi connectivity index (χ1) is 9.47. The summed E-state index contributed by atoms with van der Waals surface area (Å²) in [4.78, 5) is 18.5. The zero-order valence-corrected chi connectivity index (χ0v) is 14.0. The number of halogens is 3. The van der Waals surface area contributed by atoms with Crippen LogP contribution in [0.15, 0.2) is 31.0 Å². The lowest BCUT2D eigenvalue weighted by molar-refractivity contribution is 0.627. The van der Waals surface area contributed by atoms with Crippen LogP contribution in [-0.2, 0) is 0 Å². The van der Waals surface area contributed by atoms with Gasteiger partial charge in [0.25, 0.3) is 5.56 Å². The highest BCUT2D eigenvalue weighted by atomic mass is 79.9. The van der Waals surface area contributed by atoms with Gasteiger partial charge < -0.3 is 4.98 Å². The van der Waals surface area contributed by atoms with Crippen LogP contribution in [0.4, 0.5) is 4.39 Å². The highest BCUT2D eigenvalue weighted by molar-refractivity contribution is 9.13. The number of H-pyrrole nitrogens is 1. The zero-order valence-electron chi connectivity index (χ0n) is 10.00. The molecule has 0 aliphatic carbocycles. The second-order valence-electron chi connectivity index (χ2n) is 3.66. The van der Waals surface area contributed by atoms with E-state index in [1.165, 1.54) is 23.9 Å². The first-order valence-electron chi connectivity index (χ1n) is 5.21. The van der Waals surface area contributed by atoms with Crippen molar-refractivity contribution >= 4 is 43.6 Å². The Kier molecular flexibility index (Phi) is 4.62. The van der Waals surface area contributed by atoms with E-state index >= 15 is 0 Å². The summed E-state index contributed by atoms with van der Waals surface area (Å²) in [6, 6.07) is 4.31. The number of nitrogens with zero attached hydrogens (tertiary/aromatic N) is 2. The SMILES string of the molecule is CSc1nc(-c2cc(F)cc(Br)c2Br)c(C#N)c(=O)[nH]1. The van der Waals surface area contributed by atoms with Gasteiger partial charge in [0, 0.05) is 14.5 Å². The van der Waals surface area contributed by atoms with Gasteiger partial charge in [-0.1, -0.05) is 11.8 Å². The maximum absolute atomic E-state index is 13.6. The number of hydrogen-bond donors (Lipinski definition) is 1. The van der Waals surface area contributed by atoms with Crippen LogP contribution in [0.2, 0.25) is 0 Å². The Morgan fingerprint density at radius 2 is 2.15 bits per heavy atom. The summed E-state index contributed by atoms with van der Waals surface area (Å²) in [5.74, 6) is -0.494. The molecule has 0 unspecified atom stereocenters. The Bertz CT molecular complexity index is 785. The van der Waals surface area contributed by atoms with E-state index in [2.05, 4.69) is 41.8 Å². The van der Waals surface area contributed by atoms with Crippen LogP contribution in [0, 0.1) is 17.1 Å². The number of nitriles is 1. The van der Waals surface area contributed by atoms with Crippen LogP contribution in [0.5, 0.6) is 0 Å². The molecule has 0 spiro atoms.